The van der Waals surface area contributed by atoms with Gasteiger partial charge < -0.3 is 5.11 Å². The molecule has 0 aliphatic carbocycles. The van der Waals surface area contributed by atoms with Gasteiger partial charge in [-0.3, -0.25) is 4.79 Å². The van der Waals surface area contributed by atoms with Crippen LogP contribution < -0.4 is 0 Å². The van der Waals surface area contributed by atoms with Crippen LogP contribution in [0.5, 0.6) is 0 Å². The number of benzene rings is 1. The Bertz CT molecular complexity index is 345. The predicted molar refractivity (Wildman–Crippen MR) is 60.9 cm³/mol. The molecule has 0 aliphatic rings. The molecule has 0 heterocycles. The third-order valence-corrected chi connectivity index (χ3v) is 2.94. The number of Topliss-reactive ketones (excluding diaryl/α,β-unsaturated/α-hetero) is 1. The molecular formula is C13H18O2. The van der Waals surface area contributed by atoms with E-state index < -0.39 is 11.0 Å². The summed E-state index contributed by atoms with van der Waals surface area (Å²) < 4.78 is 0. The summed E-state index contributed by atoms with van der Waals surface area (Å²) in [5, 5.41) is 10.2. The van der Waals surface area contributed by atoms with E-state index in [0.717, 1.165) is 0 Å². The van der Waals surface area contributed by atoms with Gasteiger partial charge in [-0.25, -0.2) is 0 Å². The van der Waals surface area contributed by atoms with Crippen LogP contribution in [0.3, 0.4) is 0 Å². The number of ketones is 1. The van der Waals surface area contributed by atoms with E-state index in [1.54, 1.807) is 31.2 Å². The van der Waals surface area contributed by atoms with Gasteiger partial charge in [0.2, 0.25) is 0 Å². The Morgan fingerprint density at radius 2 is 1.53 bits per heavy atom. The molecule has 1 aromatic carbocycles. The monoisotopic (exact) mass is 206 g/mol. The van der Waals surface area contributed by atoms with Gasteiger partial charge in [-0.2, -0.15) is 0 Å². The summed E-state index contributed by atoms with van der Waals surface area (Å²) in [6.45, 7) is 7.14. The van der Waals surface area contributed by atoms with E-state index >= 15 is 0 Å². The molecule has 0 aliphatic heterocycles. The fourth-order valence-electron chi connectivity index (χ4n) is 1.21. The zero-order valence-corrected chi connectivity index (χ0v) is 9.74. The van der Waals surface area contributed by atoms with Gasteiger partial charge in [0.15, 0.2) is 5.78 Å². The minimum Gasteiger partial charge on any atom is -0.381 e. The minimum absolute atomic E-state index is 0.226. The summed E-state index contributed by atoms with van der Waals surface area (Å²) >= 11 is 0. The molecule has 15 heavy (non-hydrogen) atoms. The van der Waals surface area contributed by atoms with Gasteiger partial charge in [-0.05, 0) is 12.3 Å². The summed E-state index contributed by atoms with van der Waals surface area (Å²) in [7, 11) is 0. The maximum Gasteiger partial charge on any atom is 0.194 e. The second-order valence-electron chi connectivity index (χ2n) is 5.02. The highest BCUT2D eigenvalue weighted by molar-refractivity contribution is 6.02. The van der Waals surface area contributed by atoms with Crippen molar-refractivity contribution in [3.05, 3.63) is 35.9 Å². The molecule has 1 aromatic rings. The van der Waals surface area contributed by atoms with Gasteiger partial charge in [0, 0.05) is 5.56 Å². The lowest BCUT2D eigenvalue weighted by molar-refractivity contribution is -0.0196. The van der Waals surface area contributed by atoms with Gasteiger partial charge in [0.05, 0.1) is 0 Å². The third kappa shape index (κ3) is 2.26. The van der Waals surface area contributed by atoms with Crippen molar-refractivity contribution in [2.75, 3.05) is 0 Å². The van der Waals surface area contributed by atoms with Gasteiger partial charge >= 0.3 is 0 Å². The summed E-state index contributed by atoms with van der Waals surface area (Å²) in [5.74, 6) is -0.226. The number of hydrogen-bond acceptors (Lipinski definition) is 2. The van der Waals surface area contributed by atoms with E-state index in [-0.39, 0.29) is 5.78 Å². The van der Waals surface area contributed by atoms with Gasteiger partial charge in [0.1, 0.15) is 5.60 Å². The summed E-state index contributed by atoms with van der Waals surface area (Å²) in [6.07, 6.45) is 0. The smallest absolute Gasteiger partial charge is 0.194 e. The highest BCUT2D eigenvalue weighted by Crippen LogP contribution is 2.32. The van der Waals surface area contributed by atoms with Crippen LogP contribution in [0.15, 0.2) is 30.3 Å². The average Bonchev–Trinajstić information content (AvgIpc) is 2.16. The first kappa shape index (κ1) is 11.9. The van der Waals surface area contributed by atoms with E-state index in [9.17, 15) is 9.90 Å². The van der Waals surface area contributed by atoms with E-state index in [1.807, 2.05) is 26.8 Å². The van der Waals surface area contributed by atoms with Crippen molar-refractivity contribution in [2.45, 2.75) is 33.3 Å². The molecule has 1 atom stereocenters. The van der Waals surface area contributed by atoms with Crippen LogP contribution in [-0.4, -0.2) is 16.5 Å². The lowest BCUT2D eigenvalue weighted by atomic mass is 9.73. The Balaban J connectivity index is 3.06. The molecule has 0 bridgehead atoms. The van der Waals surface area contributed by atoms with Crippen molar-refractivity contribution in [3.8, 4) is 0 Å². The summed E-state index contributed by atoms with van der Waals surface area (Å²) in [4.78, 5) is 12.1. The van der Waals surface area contributed by atoms with E-state index in [4.69, 9.17) is 0 Å². The van der Waals surface area contributed by atoms with Crippen LogP contribution in [-0.2, 0) is 0 Å². The van der Waals surface area contributed by atoms with Crippen molar-refractivity contribution in [1.82, 2.24) is 0 Å². The van der Waals surface area contributed by atoms with Crippen LogP contribution in [0, 0.1) is 5.41 Å². The van der Waals surface area contributed by atoms with E-state index in [1.165, 1.54) is 0 Å². The molecule has 1 rings (SSSR count). The Labute approximate surface area is 90.9 Å². The lowest BCUT2D eigenvalue weighted by Crippen LogP contribution is -2.47. The fourth-order valence-corrected chi connectivity index (χ4v) is 1.21. The highest BCUT2D eigenvalue weighted by Gasteiger charge is 2.42. The Morgan fingerprint density at radius 1 is 1.07 bits per heavy atom. The number of carbonyl (C=O) groups excluding carboxylic acids is 1. The molecule has 1 unspecified atom stereocenters. The average molecular weight is 206 g/mol. The number of carbonyl (C=O) groups is 1. The standard InChI is InChI=1S/C13H18O2/c1-12(2,3)13(4,15)11(14)10-8-6-5-7-9-10/h5-9,15H,1-4H3. The molecule has 0 radical (unpaired) electrons. The first-order chi connectivity index (χ1) is 6.77. The molecule has 2 heteroatoms. The van der Waals surface area contributed by atoms with Crippen molar-refractivity contribution in [1.29, 1.82) is 0 Å². The first-order valence-electron chi connectivity index (χ1n) is 5.09. The molecular weight excluding hydrogens is 188 g/mol. The van der Waals surface area contributed by atoms with Crippen LogP contribution in [0.4, 0.5) is 0 Å². The maximum absolute atomic E-state index is 12.1. The van der Waals surface area contributed by atoms with Gasteiger partial charge in [0.25, 0.3) is 0 Å². The molecule has 1 N–H and O–H groups in total. The highest BCUT2D eigenvalue weighted by atomic mass is 16.3. The van der Waals surface area contributed by atoms with E-state index in [2.05, 4.69) is 0 Å². The first-order valence-corrected chi connectivity index (χ1v) is 5.09. The van der Waals surface area contributed by atoms with Gasteiger partial charge in [-0.15, -0.1) is 0 Å². The Hall–Kier alpha value is -1.15. The fraction of sp³-hybridized carbons (Fsp3) is 0.462. The predicted octanol–water partition coefficient (Wildman–Crippen LogP) is 2.67. The molecule has 0 saturated carbocycles. The molecule has 0 fully saturated rings. The van der Waals surface area contributed by atoms with Gasteiger partial charge in [-0.1, -0.05) is 51.1 Å². The molecule has 0 spiro atoms. The van der Waals surface area contributed by atoms with Crippen molar-refractivity contribution >= 4 is 5.78 Å². The lowest BCUT2D eigenvalue weighted by Gasteiger charge is -2.35. The maximum atomic E-state index is 12.1. The zero-order valence-electron chi connectivity index (χ0n) is 9.74. The topological polar surface area (TPSA) is 37.3 Å². The van der Waals surface area contributed by atoms with Crippen LogP contribution in [0.1, 0.15) is 38.1 Å². The summed E-state index contributed by atoms with van der Waals surface area (Å²) in [6, 6.07) is 8.89. The summed E-state index contributed by atoms with van der Waals surface area (Å²) in [5.41, 5.74) is -1.26. The van der Waals surface area contributed by atoms with Crippen molar-refractivity contribution in [3.63, 3.8) is 0 Å². The van der Waals surface area contributed by atoms with E-state index in [0.29, 0.717) is 5.56 Å². The largest absolute Gasteiger partial charge is 0.381 e. The quantitative estimate of drug-likeness (QED) is 0.755. The third-order valence-electron chi connectivity index (χ3n) is 2.94. The molecule has 2 nitrogen and oxygen atoms in total. The van der Waals surface area contributed by atoms with Crippen molar-refractivity contribution in [2.24, 2.45) is 5.41 Å². The normalized spacial score (nSPS) is 15.8. The Morgan fingerprint density at radius 3 is 1.93 bits per heavy atom. The SMILES string of the molecule is CC(C)(C)C(C)(O)C(=O)c1ccccc1. The number of hydrogen-bond donors (Lipinski definition) is 1. The number of rotatable bonds is 2. The molecule has 0 saturated heterocycles. The number of aliphatic hydroxyl groups is 1. The molecule has 0 amide bonds. The minimum atomic E-state index is -1.34. The molecule has 82 valence electrons. The Kier molecular flexibility index (Phi) is 3.00. The van der Waals surface area contributed by atoms with Crippen molar-refractivity contribution < 1.29 is 9.90 Å². The van der Waals surface area contributed by atoms with Crippen LogP contribution >= 0.6 is 0 Å². The second kappa shape index (κ2) is 3.78. The second-order valence-corrected chi connectivity index (χ2v) is 5.02. The van der Waals surface area contributed by atoms with Crippen LogP contribution in [0.2, 0.25) is 0 Å². The molecule has 0 aromatic heterocycles. The zero-order chi connectivity index (χ0) is 11.7. The van der Waals surface area contributed by atoms with Crippen LogP contribution in [0.25, 0.3) is 0 Å².